The Balaban J connectivity index is 2.22. The van der Waals surface area contributed by atoms with Gasteiger partial charge in [-0.15, -0.1) is 0 Å². The molecule has 110 valence electrons. The highest BCUT2D eigenvalue weighted by Gasteiger charge is 2.09. The van der Waals surface area contributed by atoms with Gasteiger partial charge in [-0.25, -0.2) is 14.2 Å². The lowest BCUT2D eigenvalue weighted by molar-refractivity contribution is -0.137. The number of carbonyl (C=O) groups is 2. The number of amides is 2. The third kappa shape index (κ3) is 5.51. The van der Waals surface area contributed by atoms with E-state index >= 15 is 0 Å². The Morgan fingerprint density at radius 3 is 2.95 bits per heavy atom. The molecule has 0 bridgehead atoms. The third-order valence-corrected chi connectivity index (χ3v) is 2.35. The Bertz CT molecular complexity index is 470. The van der Waals surface area contributed by atoms with Crippen LogP contribution in [0.4, 0.5) is 9.18 Å². The van der Waals surface area contributed by atoms with Gasteiger partial charge in [0.15, 0.2) is 5.82 Å². The number of ether oxygens (including phenoxy) is 1. The zero-order valence-electron chi connectivity index (χ0n) is 11.0. The van der Waals surface area contributed by atoms with Gasteiger partial charge in [0.25, 0.3) is 0 Å². The van der Waals surface area contributed by atoms with Gasteiger partial charge >= 0.3 is 12.0 Å². The second-order valence-electron chi connectivity index (χ2n) is 3.94. The number of hydrogen-bond acceptors (Lipinski definition) is 4. The lowest BCUT2D eigenvalue weighted by Crippen LogP contribution is -2.40. The molecule has 0 aliphatic heterocycles. The van der Waals surface area contributed by atoms with Crippen molar-refractivity contribution >= 4 is 12.0 Å². The van der Waals surface area contributed by atoms with Gasteiger partial charge < -0.3 is 20.1 Å². The number of carboxylic acid groups (broad SMARTS) is 1. The first kappa shape index (κ1) is 15.7. The van der Waals surface area contributed by atoms with Crippen LogP contribution in [0.25, 0.3) is 0 Å². The van der Waals surface area contributed by atoms with Gasteiger partial charge in [0, 0.05) is 19.8 Å². The molecule has 0 saturated carbocycles. The fourth-order valence-electron chi connectivity index (χ4n) is 1.28. The summed E-state index contributed by atoms with van der Waals surface area (Å²) in [4.78, 5) is 26.8. The number of hydrogen-bond donors (Lipinski definition) is 2. The molecular formula is C12H16FN3O4. The molecule has 0 aliphatic rings. The van der Waals surface area contributed by atoms with Crippen molar-refractivity contribution in [2.45, 2.75) is 6.42 Å². The second-order valence-corrected chi connectivity index (χ2v) is 3.94. The Hall–Kier alpha value is -2.38. The summed E-state index contributed by atoms with van der Waals surface area (Å²) in [5.41, 5.74) is 0. The summed E-state index contributed by atoms with van der Waals surface area (Å²) in [6.07, 6.45) is 1.27. The molecular weight excluding hydrogens is 269 g/mol. The molecule has 1 aromatic rings. The molecule has 0 atom stereocenters. The number of nitrogens with zero attached hydrogens (tertiary/aromatic N) is 2. The van der Waals surface area contributed by atoms with E-state index in [4.69, 9.17) is 9.84 Å². The van der Waals surface area contributed by atoms with Crippen LogP contribution in [0.3, 0.4) is 0 Å². The molecule has 20 heavy (non-hydrogen) atoms. The van der Waals surface area contributed by atoms with Gasteiger partial charge in [0.1, 0.15) is 6.61 Å². The maximum atomic E-state index is 13.1. The summed E-state index contributed by atoms with van der Waals surface area (Å²) >= 11 is 0. The summed E-state index contributed by atoms with van der Waals surface area (Å²) in [7, 11) is 1.48. The van der Waals surface area contributed by atoms with E-state index in [0.29, 0.717) is 0 Å². The number of urea groups is 1. The fraction of sp³-hybridized carbons (Fsp3) is 0.417. The fourth-order valence-corrected chi connectivity index (χ4v) is 1.28. The molecule has 1 aromatic heterocycles. The highest BCUT2D eigenvalue weighted by Crippen LogP contribution is 2.10. The summed E-state index contributed by atoms with van der Waals surface area (Å²) in [6.45, 7) is 0.329. The van der Waals surface area contributed by atoms with Gasteiger partial charge in [-0.1, -0.05) is 0 Å². The summed E-state index contributed by atoms with van der Waals surface area (Å²) in [6, 6.07) is 2.25. The van der Waals surface area contributed by atoms with Gasteiger partial charge in [-0.05, 0) is 12.1 Å². The minimum absolute atomic E-state index is 0.0619. The van der Waals surface area contributed by atoms with Crippen LogP contribution in [0.15, 0.2) is 18.3 Å². The van der Waals surface area contributed by atoms with Crippen LogP contribution in [-0.4, -0.2) is 53.7 Å². The zero-order chi connectivity index (χ0) is 15.0. The highest BCUT2D eigenvalue weighted by atomic mass is 19.1. The molecule has 1 heterocycles. The van der Waals surface area contributed by atoms with E-state index in [1.54, 1.807) is 0 Å². The number of aliphatic carboxylic acids is 1. The quantitative estimate of drug-likeness (QED) is 0.720. The van der Waals surface area contributed by atoms with Gasteiger partial charge in [0.2, 0.25) is 5.88 Å². The standard InChI is InChI=1S/C12H16FN3O4/c1-16(7-4-10(17)18)12(19)15-6-8-20-11-9(13)3-2-5-14-11/h2-3,5H,4,6-8H2,1H3,(H,15,19)(H,17,18). The molecule has 7 nitrogen and oxygen atoms in total. The normalized spacial score (nSPS) is 9.90. The van der Waals surface area contributed by atoms with Crippen molar-refractivity contribution in [3.05, 3.63) is 24.1 Å². The number of pyridine rings is 1. The van der Waals surface area contributed by atoms with Crippen LogP contribution in [-0.2, 0) is 4.79 Å². The molecule has 0 radical (unpaired) electrons. The van der Waals surface area contributed by atoms with E-state index in [1.165, 1.54) is 30.3 Å². The molecule has 0 saturated heterocycles. The van der Waals surface area contributed by atoms with Crippen molar-refractivity contribution in [3.63, 3.8) is 0 Å². The van der Waals surface area contributed by atoms with Crippen molar-refractivity contribution in [2.75, 3.05) is 26.7 Å². The molecule has 0 fully saturated rings. The summed E-state index contributed by atoms with van der Waals surface area (Å²) in [5, 5.41) is 11.0. The van der Waals surface area contributed by atoms with Crippen molar-refractivity contribution in [1.29, 1.82) is 0 Å². The van der Waals surface area contributed by atoms with Crippen molar-refractivity contribution in [2.24, 2.45) is 0 Å². The van der Waals surface area contributed by atoms with E-state index in [0.717, 1.165) is 0 Å². The van der Waals surface area contributed by atoms with Crippen LogP contribution in [0.5, 0.6) is 5.88 Å². The molecule has 0 spiro atoms. The Kier molecular flexibility index (Phi) is 6.21. The van der Waals surface area contributed by atoms with Crippen molar-refractivity contribution in [3.8, 4) is 5.88 Å². The Morgan fingerprint density at radius 1 is 1.55 bits per heavy atom. The van der Waals surface area contributed by atoms with E-state index in [9.17, 15) is 14.0 Å². The van der Waals surface area contributed by atoms with Crippen LogP contribution < -0.4 is 10.1 Å². The number of carbonyl (C=O) groups excluding carboxylic acids is 1. The minimum Gasteiger partial charge on any atom is -0.481 e. The lowest BCUT2D eigenvalue weighted by Gasteiger charge is -2.16. The Morgan fingerprint density at radius 2 is 2.30 bits per heavy atom. The van der Waals surface area contributed by atoms with E-state index in [1.807, 2.05) is 0 Å². The van der Waals surface area contributed by atoms with Crippen LogP contribution in [0.1, 0.15) is 6.42 Å². The lowest BCUT2D eigenvalue weighted by atomic mass is 10.4. The molecule has 2 N–H and O–H groups in total. The number of halogens is 1. The Labute approximate surface area is 115 Å². The molecule has 0 aromatic carbocycles. The number of rotatable bonds is 7. The first-order valence-electron chi connectivity index (χ1n) is 5.94. The largest absolute Gasteiger partial charge is 0.481 e. The molecule has 1 rings (SSSR count). The van der Waals surface area contributed by atoms with Crippen LogP contribution in [0, 0.1) is 5.82 Å². The average molecular weight is 285 g/mol. The average Bonchev–Trinajstić information content (AvgIpc) is 2.42. The predicted molar refractivity (Wildman–Crippen MR) is 68.0 cm³/mol. The van der Waals surface area contributed by atoms with Crippen molar-refractivity contribution in [1.82, 2.24) is 15.2 Å². The maximum absolute atomic E-state index is 13.1. The highest BCUT2D eigenvalue weighted by molar-refractivity contribution is 5.74. The predicted octanol–water partition coefficient (Wildman–Crippen LogP) is 0.716. The van der Waals surface area contributed by atoms with Crippen LogP contribution in [0.2, 0.25) is 0 Å². The SMILES string of the molecule is CN(CCC(=O)O)C(=O)NCCOc1ncccc1F. The van der Waals surface area contributed by atoms with Crippen molar-refractivity contribution < 1.29 is 23.8 Å². The molecule has 0 aliphatic carbocycles. The first-order valence-corrected chi connectivity index (χ1v) is 5.94. The molecule has 2 amide bonds. The maximum Gasteiger partial charge on any atom is 0.317 e. The second kappa shape index (κ2) is 7.93. The third-order valence-electron chi connectivity index (χ3n) is 2.35. The summed E-state index contributed by atoms with van der Waals surface area (Å²) < 4.78 is 18.2. The topological polar surface area (TPSA) is 91.8 Å². The molecule has 0 unspecified atom stereocenters. The monoisotopic (exact) mass is 285 g/mol. The minimum atomic E-state index is -0.974. The number of aromatic nitrogens is 1. The number of carboxylic acids is 1. The van der Waals surface area contributed by atoms with Gasteiger partial charge in [-0.3, -0.25) is 4.79 Å². The van der Waals surface area contributed by atoms with E-state index < -0.39 is 17.8 Å². The number of nitrogens with one attached hydrogen (secondary N) is 1. The molecule has 8 heteroatoms. The zero-order valence-corrected chi connectivity index (χ0v) is 11.0. The van der Waals surface area contributed by atoms with Gasteiger partial charge in [-0.2, -0.15) is 0 Å². The van der Waals surface area contributed by atoms with E-state index in [2.05, 4.69) is 10.3 Å². The smallest absolute Gasteiger partial charge is 0.317 e. The van der Waals surface area contributed by atoms with Gasteiger partial charge in [0.05, 0.1) is 13.0 Å². The summed E-state index contributed by atoms with van der Waals surface area (Å²) in [5.74, 6) is -1.67. The van der Waals surface area contributed by atoms with Crippen LogP contribution >= 0.6 is 0 Å². The first-order chi connectivity index (χ1) is 9.50. The van der Waals surface area contributed by atoms with E-state index in [-0.39, 0.29) is 32.0 Å².